The molecule has 110 valence electrons. The van der Waals surface area contributed by atoms with Gasteiger partial charge in [-0.1, -0.05) is 19.3 Å². The molecular weight excluding hydrogens is 256 g/mol. The Labute approximate surface area is 119 Å². The normalized spacial score (nSPS) is 15.9. The van der Waals surface area contributed by atoms with Gasteiger partial charge in [-0.25, -0.2) is 0 Å². The van der Waals surface area contributed by atoms with E-state index in [0.29, 0.717) is 17.9 Å². The maximum Gasteiger partial charge on any atom is 0.272 e. The highest BCUT2D eigenvalue weighted by molar-refractivity contribution is 5.93. The Morgan fingerprint density at radius 2 is 2.20 bits per heavy atom. The van der Waals surface area contributed by atoms with E-state index < -0.39 is 0 Å². The number of rotatable bonds is 5. The van der Waals surface area contributed by atoms with Crippen LogP contribution >= 0.6 is 0 Å². The molecule has 1 fully saturated rings. The summed E-state index contributed by atoms with van der Waals surface area (Å²) in [7, 11) is 0. The molecule has 0 saturated heterocycles. The number of aliphatic hydroxyl groups is 1. The van der Waals surface area contributed by atoms with Crippen LogP contribution < -0.4 is 11.3 Å². The molecule has 2 rings (SSSR count). The maximum atomic E-state index is 12.6. The molecule has 0 atom stereocenters. The fraction of sp³-hybridized carbons (Fsp3) is 0.571. The Kier molecular flexibility index (Phi) is 5.31. The third-order valence-corrected chi connectivity index (χ3v) is 3.76. The van der Waals surface area contributed by atoms with Gasteiger partial charge in [0.25, 0.3) is 5.91 Å². The summed E-state index contributed by atoms with van der Waals surface area (Å²) in [6, 6.07) is 3.54. The molecule has 1 aromatic heterocycles. The summed E-state index contributed by atoms with van der Waals surface area (Å²) in [5.74, 6) is 5.22. The van der Waals surface area contributed by atoms with Gasteiger partial charge in [-0.3, -0.25) is 15.6 Å². The predicted octanol–water partition coefficient (Wildman–Crippen LogP) is 1.13. The Balaban J connectivity index is 2.16. The van der Waals surface area contributed by atoms with E-state index in [1.54, 1.807) is 23.2 Å². The number of aromatic nitrogens is 1. The van der Waals surface area contributed by atoms with Gasteiger partial charge in [0.1, 0.15) is 5.69 Å². The van der Waals surface area contributed by atoms with Crippen molar-refractivity contribution in [2.24, 2.45) is 5.84 Å². The third-order valence-electron chi connectivity index (χ3n) is 3.76. The van der Waals surface area contributed by atoms with Crippen LogP contribution in [0.1, 0.15) is 42.6 Å². The van der Waals surface area contributed by atoms with E-state index in [-0.39, 0.29) is 18.6 Å². The molecule has 1 saturated carbocycles. The number of hydrogen-bond donors (Lipinski definition) is 3. The minimum absolute atomic E-state index is 0.0307. The molecule has 1 aliphatic carbocycles. The first kappa shape index (κ1) is 14.7. The van der Waals surface area contributed by atoms with Crippen molar-refractivity contribution in [2.75, 3.05) is 18.6 Å². The molecule has 0 bridgehead atoms. The van der Waals surface area contributed by atoms with Crippen molar-refractivity contribution in [3.05, 3.63) is 24.0 Å². The van der Waals surface area contributed by atoms with Crippen molar-refractivity contribution in [2.45, 2.75) is 38.1 Å². The van der Waals surface area contributed by atoms with Crippen LogP contribution in [0.2, 0.25) is 0 Å². The van der Waals surface area contributed by atoms with Crippen LogP contribution in [-0.2, 0) is 0 Å². The number of anilines is 1. The number of carbonyl (C=O) groups excluding carboxylic acids is 1. The second-order valence-electron chi connectivity index (χ2n) is 5.09. The first-order valence-electron chi connectivity index (χ1n) is 7.10. The van der Waals surface area contributed by atoms with Crippen LogP contribution in [0.15, 0.2) is 18.3 Å². The molecule has 20 heavy (non-hydrogen) atoms. The molecular formula is C14H22N4O2. The lowest BCUT2D eigenvalue weighted by Crippen LogP contribution is -2.43. The van der Waals surface area contributed by atoms with Crippen molar-refractivity contribution in [3.63, 3.8) is 0 Å². The van der Waals surface area contributed by atoms with Gasteiger partial charge in [0.15, 0.2) is 0 Å². The van der Waals surface area contributed by atoms with E-state index >= 15 is 0 Å². The number of amides is 1. The van der Waals surface area contributed by atoms with Gasteiger partial charge in [0.2, 0.25) is 0 Å². The van der Waals surface area contributed by atoms with E-state index in [9.17, 15) is 9.90 Å². The zero-order valence-corrected chi connectivity index (χ0v) is 11.6. The maximum absolute atomic E-state index is 12.6. The number of carbonyl (C=O) groups is 1. The van der Waals surface area contributed by atoms with Gasteiger partial charge in [-0.05, 0) is 25.0 Å². The lowest BCUT2D eigenvalue weighted by molar-refractivity contribution is 0.0579. The molecule has 0 aromatic carbocycles. The number of hydrogen-bond acceptors (Lipinski definition) is 5. The number of nitrogen functional groups attached to an aromatic ring is 1. The summed E-state index contributed by atoms with van der Waals surface area (Å²) in [4.78, 5) is 18.5. The SMILES string of the molecule is NNc1ccnc(C(=O)N(CCO)C2CCCCC2)c1. The Morgan fingerprint density at radius 3 is 2.85 bits per heavy atom. The summed E-state index contributed by atoms with van der Waals surface area (Å²) in [5, 5.41) is 9.22. The standard InChI is InChI=1S/C14H22N4O2/c15-17-11-6-7-16-13(10-11)14(20)18(8-9-19)12-4-2-1-3-5-12/h6-7,10,12,19H,1-5,8-9,15H2,(H,16,17). The fourth-order valence-corrected chi connectivity index (χ4v) is 2.73. The van der Waals surface area contributed by atoms with Crippen LogP contribution in [0.4, 0.5) is 5.69 Å². The molecule has 1 aromatic rings. The monoisotopic (exact) mass is 278 g/mol. The molecule has 4 N–H and O–H groups in total. The van der Waals surface area contributed by atoms with Crippen molar-refractivity contribution in [1.82, 2.24) is 9.88 Å². The zero-order chi connectivity index (χ0) is 14.4. The molecule has 1 aliphatic rings. The highest BCUT2D eigenvalue weighted by Gasteiger charge is 2.26. The lowest BCUT2D eigenvalue weighted by Gasteiger charge is -2.33. The summed E-state index contributed by atoms with van der Waals surface area (Å²) >= 11 is 0. The Hall–Kier alpha value is -1.66. The quantitative estimate of drug-likeness (QED) is 0.555. The van der Waals surface area contributed by atoms with Gasteiger partial charge in [-0.2, -0.15) is 0 Å². The molecule has 0 radical (unpaired) electrons. The number of nitrogens with one attached hydrogen (secondary N) is 1. The predicted molar refractivity (Wildman–Crippen MR) is 77.0 cm³/mol. The summed E-state index contributed by atoms with van der Waals surface area (Å²) in [5.41, 5.74) is 3.52. The highest BCUT2D eigenvalue weighted by Crippen LogP contribution is 2.24. The third kappa shape index (κ3) is 3.46. The lowest BCUT2D eigenvalue weighted by atomic mass is 9.94. The number of pyridine rings is 1. The minimum atomic E-state index is -0.136. The van der Waals surface area contributed by atoms with Gasteiger partial charge < -0.3 is 15.4 Å². The van der Waals surface area contributed by atoms with Crippen molar-refractivity contribution >= 4 is 11.6 Å². The Morgan fingerprint density at radius 1 is 1.45 bits per heavy atom. The summed E-state index contributed by atoms with van der Waals surface area (Å²) in [6.45, 7) is 0.322. The van der Waals surface area contributed by atoms with Gasteiger partial charge >= 0.3 is 0 Å². The van der Waals surface area contributed by atoms with Crippen LogP contribution in [0, 0.1) is 0 Å². The van der Waals surface area contributed by atoms with E-state index in [1.165, 1.54) is 6.42 Å². The second kappa shape index (κ2) is 7.21. The Bertz CT molecular complexity index is 447. The number of aliphatic hydroxyl groups excluding tert-OH is 1. The molecule has 1 amide bonds. The average Bonchev–Trinajstić information content (AvgIpc) is 2.53. The van der Waals surface area contributed by atoms with Crippen LogP contribution in [0.3, 0.4) is 0 Å². The van der Waals surface area contributed by atoms with E-state index in [2.05, 4.69) is 10.4 Å². The van der Waals surface area contributed by atoms with Gasteiger partial charge in [0, 0.05) is 18.8 Å². The first-order chi connectivity index (χ1) is 9.76. The molecule has 1 heterocycles. The molecule has 6 nitrogen and oxygen atoms in total. The van der Waals surface area contributed by atoms with Crippen molar-refractivity contribution in [1.29, 1.82) is 0 Å². The van der Waals surface area contributed by atoms with Crippen LogP contribution in [-0.4, -0.2) is 40.1 Å². The topological polar surface area (TPSA) is 91.5 Å². The summed E-state index contributed by atoms with van der Waals surface area (Å²) in [6.07, 6.45) is 7.06. The minimum Gasteiger partial charge on any atom is -0.395 e. The molecule has 0 spiro atoms. The zero-order valence-electron chi connectivity index (χ0n) is 11.6. The van der Waals surface area contributed by atoms with E-state index in [1.807, 2.05) is 0 Å². The smallest absolute Gasteiger partial charge is 0.272 e. The number of nitrogens with zero attached hydrogens (tertiary/aromatic N) is 2. The molecule has 6 heteroatoms. The van der Waals surface area contributed by atoms with Gasteiger partial charge in [-0.15, -0.1) is 0 Å². The number of hydrazine groups is 1. The number of nitrogens with two attached hydrogens (primary N) is 1. The van der Waals surface area contributed by atoms with Crippen LogP contribution in [0.25, 0.3) is 0 Å². The van der Waals surface area contributed by atoms with E-state index in [0.717, 1.165) is 25.7 Å². The van der Waals surface area contributed by atoms with Crippen molar-refractivity contribution in [3.8, 4) is 0 Å². The summed E-state index contributed by atoms with van der Waals surface area (Å²) < 4.78 is 0. The second-order valence-corrected chi connectivity index (χ2v) is 5.09. The van der Waals surface area contributed by atoms with Gasteiger partial charge in [0.05, 0.1) is 12.3 Å². The van der Waals surface area contributed by atoms with Crippen LogP contribution in [0.5, 0.6) is 0 Å². The fourth-order valence-electron chi connectivity index (χ4n) is 2.73. The average molecular weight is 278 g/mol. The first-order valence-corrected chi connectivity index (χ1v) is 7.10. The molecule has 0 unspecified atom stereocenters. The highest BCUT2D eigenvalue weighted by atomic mass is 16.3. The van der Waals surface area contributed by atoms with E-state index in [4.69, 9.17) is 5.84 Å². The van der Waals surface area contributed by atoms with Crippen molar-refractivity contribution < 1.29 is 9.90 Å². The molecule has 0 aliphatic heterocycles. The largest absolute Gasteiger partial charge is 0.395 e.